The molecule has 0 heterocycles. The van der Waals surface area contributed by atoms with E-state index in [9.17, 15) is 10.2 Å². The summed E-state index contributed by atoms with van der Waals surface area (Å²) in [5.74, 6) is 2.38. The quantitative estimate of drug-likeness (QED) is 0.397. The highest BCUT2D eigenvalue weighted by Crippen LogP contribution is 2.69. The lowest BCUT2D eigenvalue weighted by Crippen LogP contribution is -2.62. The van der Waals surface area contributed by atoms with E-state index in [-0.39, 0.29) is 11.5 Å². The average molecular weight is 437 g/mol. The molecule has 0 aromatic rings. The Hall–Kier alpha value is -0.200. The van der Waals surface area contributed by atoms with Crippen LogP contribution in [0, 0.1) is 34.5 Å². The molecule has 0 aromatic carbocycles. The smallest absolute Gasteiger partial charge is 0.0809 e. The molecule has 4 aliphatic rings. The van der Waals surface area contributed by atoms with Crippen LogP contribution in [0.2, 0.25) is 0 Å². The fraction of sp³-hybridized carbons (Fsp3) is 1.00. The molecule has 5 nitrogen and oxygen atoms in total. The van der Waals surface area contributed by atoms with Crippen molar-refractivity contribution in [2.45, 2.75) is 96.2 Å². The van der Waals surface area contributed by atoms with Crippen LogP contribution in [0.25, 0.3) is 0 Å². The van der Waals surface area contributed by atoms with Crippen LogP contribution in [0.3, 0.4) is 0 Å². The third-order valence-corrected chi connectivity index (χ3v) is 10.6. The number of rotatable bonds is 8. The van der Waals surface area contributed by atoms with E-state index in [1.165, 1.54) is 32.1 Å². The summed E-state index contributed by atoms with van der Waals surface area (Å²) in [4.78, 5) is 7.67. The Labute approximate surface area is 190 Å². The lowest BCUT2D eigenvalue weighted by Gasteiger charge is -2.63. The van der Waals surface area contributed by atoms with Crippen molar-refractivity contribution in [3.05, 3.63) is 0 Å². The summed E-state index contributed by atoms with van der Waals surface area (Å²) >= 11 is 0. The zero-order valence-corrected chi connectivity index (χ0v) is 20.5. The van der Waals surface area contributed by atoms with Gasteiger partial charge in [0.1, 0.15) is 0 Å². The Kier molecular flexibility index (Phi) is 7.11. The SMILES string of the molecule is CN(C)CCONCCC[C@H]1CC[C@]2(O)[C@@H]3CC[C@@H]4C[C@@H](O)CC[C@]4(C)[C@H]3CC[C@]12C. The van der Waals surface area contributed by atoms with Gasteiger partial charge in [-0.05, 0) is 119 Å². The largest absolute Gasteiger partial charge is 0.393 e. The van der Waals surface area contributed by atoms with Crippen LogP contribution in [0.5, 0.6) is 0 Å². The Bertz CT molecular complexity index is 615. The molecule has 8 atom stereocenters. The number of hydrogen-bond acceptors (Lipinski definition) is 5. The molecule has 0 spiro atoms. The van der Waals surface area contributed by atoms with Gasteiger partial charge >= 0.3 is 0 Å². The molecule has 4 rings (SSSR count). The molecule has 3 N–H and O–H groups in total. The van der Waals surface area contributed by atoms with Crippen molar-refractivity contribution < 1.29 is 15.1 Å². The Morgan fingerprint density at radius 3 is 2.58 bits per heavy atom. The molecule has 0 radical (unpaired) electrons. The van der Waals surface area contributed by atoms with Crippen LogP contribution in [0.1, 0.15) is 84.5 Å². The number of nitrogens with zero attached hydrogens (tertiary/aromatic N) is 1. The van der Waals surface area contributed by atoms with Gasteiger partial charge in [0, 0.05) is 13.1 Å². The van der Waals surface area contributed by atoms with Crippen molar-refractivity contribution in [1.29, 1.82) is 0 Å². The summed E-state index contributed by atoms with van der Waals surface area (Å²) in [5, 5.41) is 22.5. The summed E-state index contributed by atoms with van der Waals surface area (Å²) in [7, 11) is 4.12. The van der Waals surface area contributed by atoms with Crippen molar-refractivity contribution >= 4 is 0 Å². The minimum absolute atomic E-state index is 0.0668. The molecule has 4 fully saturated rings. The normalized spacial score (nSPS) is 47.1. The number of fused-ring (bicyclic) bond motifs is 5. The van der Waals surface area contributed by atoms with E-state index in [0.717, 1.165) is 51.6 Å². The fourth-order valence-corrected chi connectivity index (χ4v) is 8.57. The minimum Gasteiger partial charge on any atom is -0.393 e. The number of nitrogens with one attached hydrogen (secondary N) is 1. The highest BCUT2D eigenvalue weighted by atomic mass is 16.6. The predicted octanol–water partition coefficient (Wildman–Crippen LogP) is 3.98. The monoisotopic (exact) mass is 436 g/mol. The minimum atomic E-state index is -0.486. The number of likely N-dealkylation sites (N-methyl/N-ethyl adjacent to an activating group) is 1. The predicted molar refractivity (Wildman–Crippen MR) is 124 cm³/mol. The molecule has 0 unspecified atom stereocenters. The third kappa shape index (κ3) is 4.23. The Morgan fingerprint density at radius 1 is 1.00 bits per heavy atom. The van der Waals surface area contributed by atoms with Gasteiger partial charge < -0.3 is 20.0 Å². The van der Waals surface area contributed by atoms with Gasteiger partial charge in [0.15, 0.2) is 0 Å². The number of hydroxylamine groups is 1. The first-order chi connectivity index (χ1) is 14.7. The van der Waals surface area contributed by atoms with E-state index in [0.29, 0.717) is 35.7 Å². The van der Waals surface area contributed by atoms with Crippen LogP contribution < -0.4 is 5.48 Å². The first kappa shape index (κ1) is 23.9. The Balaban J connectivity index is 1.35. The summed E-state index contributed by atoms with van der Waals surface area (Å²) in [6.45, 7) is 7.46. The van der Waals surface area contributed by atoms with Crippen LogP contribution in [0.15, 0.2) is 0 Å². The van der Waals surface area contributed by atoms with E-state index in [2.05, 4.69) is 38.3 Å². The molecule has 180 valence electrons. The van der Waals surface area contributed by atoms with Crippen molar-refractivity contribution in [2.75, 3.05) is 33.8 Å². The van der Waals surface area contributed by atoms with Crippen LogP contribution in [0.4, 0.5) is 0 Å². The average Bonchev–Trinajstić information content (AvgIpc) is 2.99. The highest BCUT2D eigenvalue weighted by Gasteiger charge is 2.66. The zero-order valence-electron chi connectivity index (χ0n) is 20.5. The number of aliphatic hydroxyl groups excluding tert-OH is 1. The van der Waals surface area contributed by atoms with E-state index in [1.807, 2.05) is 0 Å². The standard InChI is InChI=1S/C26H48N2O3/c1-24-12-10-21(29)18-20(24)7-8-23-22(24)11-13-25(2)19(9-14-26(23,25)30)6-5-15-27-31-17-16-28(3)4/h19-23,27,29-30H,5-18H2,1-4H3/t19-,20+,21-,22-,23+,24-,25+,26-/m0/s1. The van der Waals surface area contributed by atoms with Gasteiger partial charge in [0.25, 0.3) is 0 Å². The van der Waals surface area contributed by atoms with E-state index < -0.39 is 5.60 Å². The van der Waals surface area contributed by atoms with Crippen molar-refractivity contribution in [2.24, 2.45) is 34.5 Å². The molecule has 4 aliphatic carbocycles. The molecule has 0 saturated heterocycles. The zero-order chi connectivity index (χ0) is 22.3. The van der Waals surface area contributed by atoms with Gasteiger partial charge in [-0.15, -0.1) is 0 Å². The molecule has 5 heteroatoms. The highest BCUT2D eigenvalue weighted by molar-refractivity contribution is 5.16. The van der Waals surface area contributed by atoms with E-state index in [4.69, 9.17) is 4.84 Å². The van der Waals surface area contributed by atoms with Crippen molar-refractivity contribution in [3.8, 4) is 0 Å². The lowest BCUT2D eigenvalue weighted by atomic mass is 9.43. The molecule has 0 amide bonds. The van der Waals surface area contributed by atoms with Crippen molar-refractivity contribution in [3.63, 3.8) is 0 Å². The third-order valence-electron chi connectivity index (χ3n) is 10.6. The van der Waals surface area contributed by atoms with Gasteiger partial charge in [-0.25, -0.2) is 5.48 Å². The first-order valence-electron chi connectivity index (χ1n) is 13.1. The van der Waals surface area contributed by atoms with Crippen LogP contribution >= 0.6 is 0 Å². The molecular weight excluding hydrogens is 388 g/mol. The maximum absolute atomic E-state index is 12.2. The maximum Gasteiger partial charge on any atom is 0.0809 e. The topological polar surface area (TPSA) is 65.0 Å². The Morgan fingerprint density at radius 2 is 1.81 bits per heavy atom. The molecule has 4 saturated carbocycles. The number of hydrogen-bond donors (Lipinski definition) is 3. The summed E-state index contributed by atoms with van der Waals surface area (Å²) in [5.41, 5.74) is 3.04. The van der Waals surface area contributed by atoms with Gasteiger partial charge in [-0.2, -0.15) is 0 Å². The lowest BCUT2D eigenvalue weighted by molar-refractivity contribution is -0.210. The van der Waals surface area contributed by atoms with Gasteiger partial charge in [0.05, 0.1) is 18.3 Å². The van der Waals surface area contributed by atoms with Crippen LogP contribution in [-0.2, 0) is 4.84 Å². The molecule has 0 aliphatic heterocycles. The van der Waals surface area contributed by atoms with E-state index in [1.54, 1.807) is 0 Å². The summed E-state index contributed by atoms with van der Waals surface area (Å²) < 4.78 is 0. The summed E-state index contributed by atoms with van der Waals surface area (Å²) in [6, 6.07) is 0. The fourth-order valence-electron chi connectivity index (χ4n) is 8.57. The molecule has 0 bridgehead atoms. The second kappa shape index (κ2) is 9.21. The second-order valence-electron chi connectivity index (χ2n) is 12.2. The maximum atomic E-state index is 12.2. The molecule has 0 aromatic heterocycles. The summed E-state index contributed by atoms with van der Waals surface area (Å²) in [6.07, 6.45) is 12.3. The van der Waals surface area contributed by atoms with Crippen molar-refractivity contribution in [1.82, 2.24) is 10.4 Å². The first-order valence-corrected chi connectivity index (χ1v) is 13.1. The second-order valence-corrected chi connectivity index (χ2v) is 12.2. The molecule has 31 heavy (non-hydrogen) atoms. The molecular formula is C26H48N2O3. The van der Waals surface area contributed by atoms with Gasteiger partial charge in [-0.1, -0.05) is 13.8 Å². The number of aliphatic hydroxyl groups is 2. The van der Waals surface area contributed by atoms with E-state index >= 15 is 0 Å². The van der Waals surface area contributed by atoms with Crippen LogP contribution in [-0.4, -0.2) is 60.6 Å². The van der Waals surface area contributed by atoms with Gasteiger partial charge in [-0.3, -0.25) is 0 Å². The van der Waals surface area contributed by atoms with Gasteiger partial charge in [0.2, 0.25) is 0 Å².